The van der Waals surface area contributed by atoms with Gasteiger partial charge in [0.05, 0.1) is 7.11 Å². The molecule has 0 amide bonds. The predicted molar refractivity (Wildman–Crippen MR) is 55.1 cm³/mol. The van der Waals surface area contributed by atoms with Crippen molar-refractivity contribution in [1.82, 2.24) is 0 Å². The van der Waals surface area contributed by atoms with Crippen LogP contribution in [-0.4, -0.2) is 13.7 Å². The molecule has 13 heavy (non-hydrogen) atoms. The Morgan fingerprint density at radius 2 is 1.92 bits per heavy atom. The summed E-state index contributed by atoms with van der Waals surface area (Å²) in [6.45, 7) is 2.87. The van der Waals surface area contributed by atoms with Crippen LogP contribution in [0.2, 0.25) is 0 Å². The normalized spacial score (nSPS) is 12.5. The fourth-order valence-corrected chi connectivity index (χ4v) is 1.41. The van der Waals surface area contributed by atoms with Gasteiger partial charge < -0.3 is 10.5 Å². The van der Waals surface area contributed by atoms with E-state index < -0.39 is 0 Å². The summed E-state index contributed by atoms with van der Waals surface area (Å²) in [5, 5.41) is 0. The summed E-state index contributed by atoms with van der Waals surface area (Å²) in [6.07, 6.45) is 1.09. The van der Waals surface area contributed by atoms with Gasteiger partial charge in [0, 0.05) is 0 Å². The minimum atomic E-state index is 0.478. The molecular formula is C11H17NO. The zero-order valence-electron chi connectivity index (χ0n) is 8.29. The van der Waals surface area contributed by atoms with Crippen LogP contribution in [0.4, 0.5) is 0 Å². The number of hydrogen-bond acceptors (Lipinski definition) is 2. The lowest BCUT2D eigenvalue weighted by Gasteiger charge is -2.12. The summed E-state index contributed by atoms with van der Waals surface area (Å²) in [4.78, 5) is 0. The van der Waals surface area contributed by atoms with Crippen molar-refractivity contribution in [2.75, 3.05) is 13.7 Å². The van der Waals surface area contributed by atoms with Gasteiger partial charge in [0.2, 0.25) is 0 Å². The Kier molecular flexibility index (Phi) is 3.77. The van der Waals surface area contributed by atoms with E-state index in [1.165, 1.54) is 5.56 Å². The lowest BCUT2D eigenvalue weighted by Crippen LogP contribution is -2.11. The lowest BCUT2D eigenvalue weighted by atomic mass is 9.97. The van der Waals surface area contributed by atoms with Crippen LogP contribution in [0.5, 0.6) is 5.75 Å². The van der Waals surface area contributed by atoms with Crippen molar-refractivity contribution in [1.29, 1.82) is 0 Å². The number of nitrogens with two attached hydrogens (primary N) is 1. The predicted octanol–water partition coefficient (Wildman–Crippen LogP) is 2.15. The molecule has 0 saturated carbocycles. The highest BCUT2D eigenvalue weighted by molar-refractivity contribution is 5.29. The fraction of sp³-hybridized carbons (Fsp3) is 0.455. The molecule has 0 heterocycles. The van der Waals surface area contributed by atoms with Crippen molar-refractivity contribution < 1.29 is 4.74 Å². The molecule has 1 rings (SSSR count). The molecule has 1 aromatic carbocycles. The topological polar surface area (TPSA) is 35.2 Å². The summed E-state index contributed by atoms with van der Waals surface area (Å²) in [7, 11) is 1.68. The summed E-state index contributed by atoms with van der Waals surface area (Å²) in [5.41, 5.74) is 6.95. The highest BCUT2D eigenvalue weighted by atomic mass is 16.5. The summed E-state index contributed by atoms with van der Waals surface area (Å²) in [5.74, 6) is 1.38. The maximum Gasteiger partial charge on any atom is 0.118 e. The van der Waals surface area contributed by atoms with Gasteiger partial charge in [0.25, 0.3) is 0 Å². The van der Waals surface area contributed by atoms with E-state index in [4.69, 9.17) is 10.5 Å². The van der Waals surface area contributed by atoms with Gasteiger partial charge in [-0.15, -0.1) is 0 Å². The molecule has 2 nitrogen and oxygen atoms in total. The van der Waals surface area contributed by atoms with E-state index in [2.05, 4.69) is 19.1 Å². The third kappa shape index (κ3) is 2.46. The van der Waals surface area contributed by atoms with Crippen LogP contribution in [0, 0.1) is 0 Å². The molecular weight excluding hydrogens is 162 g/mol. The number of rotatable bonds is 4. The summed E-state index contributed by atoms with van der Waals surface area (Å²) < 4.78 is 5.08. The monoisotopic (exact) mass is 179 g/mol. The Morgan fingerprint density at radius 1 is 1.31 bits per heavy atom. The zero-order chi connectivity index (χ0) is 9.68. The standard InChI is InChI=1S/C11H17NO/c1-3-9(8-12)10-4-6-11(13-2)7-5-10/h4-7,9H,3,8,12H2,1-2H3/t9-/m1/s1. The van der Waals surface area contributed by atoms with Crippen molar-refractivity contribution in [3.63, 3.8) is 0 Å². The van der Waals surface area contributed by atoms with Gasteiger partial charge in [-0.3, -0.25) is 0 Å². The first-order chi connectivity index (χ1) is 6.31. The summed E-state index contributed by atoms with van der Waals surface area (Å²) >= 11 is 0. The van der Waals surface area contributed by atoms with E-state index in [1.807, 2.05) is 12.1 Å². The average molecular weight is 179 g/mol. The highest BCUT2D eigenvalue weighted by Gasteiger charge is 2.06. The van der Waals surface area contributed by atoms with E-state index >= 15 is 0 Å². The van der Waals surface area contributed by atoms with Crippen LogP contribution in [0.15, 0.2) is 24.3 Å². The van der Waals surface area contributed by atoms with Crippen LogP contribution in [-0.2, 0) is 0 Å². The molecule has 0 aliphatic carbocycles. The van der Waals surface area contributed by atoms with Gasteiger partial charge in [-0.1, -0.05) is 19.1 Å². The molecule has 0 spiro atoms. The maximum absolute atomic E-state index is 5.65. The van der Waals surface area contributed by atoms with Crippen molar-refractivity contribution in [2.24, 2.45) is 5.73 Å². The number of ether oxygens (including phenoxy) is 1. The molecule has 0 aliphatic rings. The van der Waals surface area contributed by atoms with Crippen LogP contribution in [0.25, 0.3) is 0 Å². The van der Waals surface area contributed by atoms with E-state index in [9.17, 15) is 0 Å². The van der Waals surface area contributed by atoms with Gasteiger partial charge in [0.1, 0.15) is 5.75 Å². The van der Waals surface area contributed by atoms with E-state index in [0.29, 0.717) is 12.5 Å². The molecule has 0 fully saturated rings. The van der Waals surface area contributed by atoms with Gasteiger partial charge >= 0.3 is 0 Å². The third-order valence-corrected chi connectivity index (χ3v) is 2.36. The van der Waals surface area contributed by atoms with Crippen LogP contribution < -0.4 is 10.5 Å². The summed E-state index contributed by atoms with van der Waals surface area (Å²) in [6, 6.07) is 8.13. The van der Waals surface area contributed by atoms with E-state index in [0.717, 1.165) is 12.2 Å². The molecule has 0 aliphatic heterocycles. The van der Waals surface area contributed by atoms with Crippen molar-refractivity contribution in [3.05, 3.63) is 29.8 Å². The van der Waals surface area contributed by atoms with Crippen LogP contribution in [0.1, 0.15) is 24.8 Å². The van der Waals surface area contributed by atoms with Gasteiger partial charge in [0.15, 0.2) is 0 Å². The minimum Gasteiger partial charge on any atom is -0.497 e. The van der Waals surface area contributed by atoms with Crippen molar-refractivity contribution >= 4 is 0 Å². The Labute approximate surface area is 79.7 Å². The molecule has 0 saturated heterocycles. The number of benzene rings is 1. The van der Waals surface area contributed by atoms with E-state index in [1.54, 1.807) is 7.11 Å². The van der Waals surface area contributed by atoms with Crippen molar-refractivity contribution in [2.45, 2.75) is 19.3 Å². The minimum absolute atomic E-state index is 0.478. The lowest BCUT2D eigenvalue weighted by molar-refractivity contribution is 0.414. The fourth-order valence-electron chi connectivity index (χ4n) is 1.41. The SMILES string of the molecule is CC[C@H](CN)c1ccc(OC)cc1. The largest absolute Gasteiger partial charge is 0.497 e. The van der Waals surface area contributed by atoms with Crippen LogP contribution >= 0.6 is 0 Å². The first-order valence-electron chi connectivity index (χ1n) is 4.65. The molecule has 0 aromatic heterocycles. The Morgan fingerprint density at radius 3 is 2.31 bits per heavy atom. The number of methoxy groups -OCH3 is 1. The second-order valence-corrected chi connectivity index (χ2v) is 3.11. The molecule has 0 bridgehead atoms. The average Bonchev–Trinajstić information content (AvgIpc) is 2.21. The second-order valence-electron chi connectivity index (χ2n) is 3.11. The number of hydrogen-bond donors (Lipinski definition) is 1. The Bertz CT molecular complexity index is 239. The first-order valence-corrected chi connectivity index (χ1v) is 4.65. The maximum atomic E-state index is 5.65. The van der Waals surface area contributed by atoms with Gasteiger partial charge in [-0.25, -0.2) is 0 Å². The first kappa shape index (κ1) is 10.1. The smallest absolute Gasteiger partial charge is 0.118 e. The second kappa shape index (κ2) is 4.87. The molecule has 1 atom stereocenters. The van der Waals surface area contributed by atoms with E-state index in [-0.39, 0.29) is 0 Å². The highest BCUT2D eigenvalue weighted by Crippen LogP contribution is 2.20. The molecule has 2 N–H and O–H groups in total. The molecule has 1 aromatic rings. The third-order valence-electron chi connectivity index (χ3n) is 2.36. The van der Waals surface area contributed by atoms with Gasteiger partial charge in [-0.2, -0.15) is 0 Å². The molecule has 0 unspecified atom stereocenters. The molecule has 2 heteroatoms. The quantitative estimate of drug-likeness (QED) is 0.768. The Hall–Kier alpha value is -1.02. The van der Waals surface area contributed by atoms with Crippen molar-refractivity contribution in [3.8, 4) is 5.75 Å². The zero-order valence-corrected chi connectivity index (χ0v) is 8.29. The molecule has 0 radical (unpaired) electrons. The molecule has 72 valence electrons. The van der Waals surface area contributed by atoms with Gasteiger partial charge in [-0.05, 0) is 36.6 Å². The Balaban J connectivity index is 2.78. The van der Waals surface area contributed by atoms with Crippen LogP contribution in [0.3, 0.4) is 0 Å².